The summed E-state index contributed by atoms with van der Waals surface area (Å²) in [6.07, 6.45) is 4.76. The van der Waals surface area contributed by atoms with Gasteiger partial charge in [-0.15, -0.1) is 6.58 Å². The summed E-state index contributed by atoms with van der Waals surface area (Å²) in [5.41, 5.74) is 4.02. The molecule has 82 valence electrons. The number of allylic oxidation sites excluding steroid dienone is 1. The SMILES string of the molecule is C=CCCC(Cc1cccc(Cl)c1)NN. The summed E-state index contributed by atoms with van der Waals surface area (Å²) < 4.78 is 0. The molecule has 0 aliphatic heterocycles. The third-order valence-corrected chi connectivity index (χ3v) is 2.56. The topological polar surface area (TPSA) is 38.0 Å². The van der Waals surface area contributed by atoms with Crippen LogP contribution < -0.4 is 11.3 Å². The van der Waals surface area contributed by atoms with Gasteiger partial charge in [0.15, 0.2) is 0 Å². The van der Waals surface area contributed by atoms with Crippen LogP contribution in [0.3, 0.4) is 0 Å². The van der Waals surface area contributed by atoms with Crippen LogP contribution in [-0.4, -0.2) is 6.04 Å². The van der Waals surface area contributed by atoms with Gasteiger partial charge in [0.25, 0.3) is 0 Å². The fourth-order valence-electron chi connectivity index (χ4n) is 1.51. The highest BCUT2D eigenvalue weighted by molar-refractivity contribution is 6.30. The molecule has 2 nitrogen and oxygen atoms in total. The molecule has 1 unspecified atom stereocenters. The van der Waals surface area contributed by atoms with Crippen molar-refractivity contribution in [2.75, 3.05) is 0 Å². The molecule has 15 heavy (non-hydrogen) atoms. The number of hydrazine groups is 1. The van der Waals surface area contributed by atoms with Gasteiger partial charge in [0.05, 0.1) is 0 Å². The molecule has 3 N–H and O–H groups in total. The lowest BCUT2D eigenvalue weighted by Gasteiger charge is -2.14. The van der Waals surface area contributed by atoms with Crippen molar-refractivity contribution in [3.8, 4) is 0 Å². The van der Waals surface area contributed by atoms with Gasteiger partial charge in [0, 0.05) is 11.1 Å². The first-order chi connectivity index (χ1) is 7.26. The van der Waals surface area contributed by atoms with Crippen LogP contribution >= 0.6 is 11.6 Å². The minimum Gasteiger partial charge on any atom is -0.271 e. The van der Waals surface area contributed by atoms with Crippen molar-refractivity contribution in [2.45, 2.75) is 25.3 Å². The van der Waals surface area contributed by atoms with E-state index in [9.17, 15) is 0 Å². The summed E-state index contributed by atoms with van der Waals surface area (Å²) in [6.45, 7) is 3.70. The van der Waals surface area contributed by atoms with Gasteiger partial charge in [-0.2, -0.15) is 0 Å². The highest BCUT2D eigenvalue weighted by Crippen LogP contribution is 2.13. The first kappa shape index (κ1) is 12.2. The van der Waals surface area contributed by atoms with Crippen LogP contribution in [0, 0.1) is 0 Å². The molecule has 0 aliphatic rings. The molecule has 0 spiro atoms. The number of nitrogens with one attached hydrogen (secondary N) is 1. The van der Waals surface area contributed by atoms with E-state index >= 15 is 0 Å². The number of hydrogen-bond acceptors (Lipinski definition) is 2. The Morgan fingerprint density at radius 2 is 2.33 bits per heavy atom. The van der Waals surface area contributed by atoms with Crippen molar-refractivity contribution in [3.05, 3.63) is 47.5 Å². The Balaban J connectivity index is 2.54. The Morgan fingerprint density at radius 1 is 1.53 bits per heavy atom. The Morgan fingerprint density at radius 3 is 2.93 bits per heavy atom. The zero-order valence-corrected chi connectivity index (χ0v) is 9.50. The zero-order valence-electron chi connectivity index (χ0n) is 8.75. The second kappa shape index (κ2) is 6.62. The maximum atomic E-state index is 5.91. The number of rotatable bonds is 6. The molecule has 1 atom stereocenters. The highest BCUT2D eigenvalue weighted by Gasteiger charge is 2.06. The van der Waals surface area contributed by atoms with Gasteiger partial charge >= 0.3 is 0 Å². The number of benzene rings is 1. The van der Waals surface area contributed by atoms with Gasteiger partial charge in [0.1, 0.15) is 0 Å². The van der Waals surface area contributed by atoms with E-state index in [1.807, 2.05) is 24.3 Å². The molecule has 3 heteroatoms. The van der Waals surface area contributed by atoms with Crippen LogP contribution in [0.5, 0.6) is 0 Å². The molecule has 0 bridgehead atoms. The maximum absolute atomic E-state index is 5.91. The normalized spacial score (nSPS) is 12.4. The molecule has 0 aliphatic carbocycles. The minimum atomic E-state index is 0.279. The third kappa shape index (κ3) is 4.47. The van der Waals surface area contributed by atoms with E-state index in [0.717, 1.165) is 24.3 Å². The predicted octanol–water partition coefficient (Wildman–Crippen LogP) is 2.68. The number of hydrogen-bond donors (Lipinski definition) is 2. The van der Waals surface area contributed by atoms with Gasteiger partial charge in [-0.25, -0.2) is 0 Å². The number of halogens is 1. The molecular weight excluding hydrogens is 208 g/mol. The second-order valence-corrected chi connectivity index (χ2v) is 4.00. The summed E-state index contributed by atoms with van der Waals surface area (Å²) in [4.78, 5) is 0. The third-order valence-electron chi connectivity index (χ3n) is 2.33. The molecule has 0 fully saturated rings. The minimum absolute atomic E-state index is 0.279. The maximum Gasteiger partial charge on any atom is 0.0408 e. The lowest BCUT2D eigenvalue weighted by Crippen LogP contribution is -2.36. The quantitative estimate of drug-likeness (QED) is 0.443. The molecule has 0 saturated carbocycles. The van der Waals surface area contributed by atoms with Gasteiger partial charge < -0.3 is 0 Å². The first-order valence-corrected chi connectivity index (χ1v) is 5.45. The highest BCUT2D eigenvalue weighted by atomic mass is 35.5. The Labute approximate surface area is 96.1 Å². The van der Waals surface area contributed by atoms with E-state index in [1.54, 1.807) is 0 Å². The van der Waals surface area contributed by atoms with Crippen molar-refractivity contribution in [1.29, 1.82) is 0 Å². The average molecular weight is 225 g/mol. The average Bonchev–Trinajstić information content (AvgIpc) is 2.24. The van der Waals surface area contributed by atoms with E-state index in [2.05, 4.69) is 18.1 Å². The van der Waals surface area contributed by atoms with Crippen LogP contribution in [0.25, 0.3) is 0 Å². The molecule has 1 rings (SSSR count). The smallest absolute Gasteiger partial charge is 0.0408 e. The van der Waals surface area contributed by atoms with E-state index < -0.39 is 0 Å². The summed E-state index contributed by atoms with van der Waals surface area (Å²) in [6, 6.07) is 8.14. The van der Waals surface area contributed by atoms with Crippen molar-refractivity contribution >= 4 is 11.6 Å². The summed E-state index contributed by atoms with van der Waals surface area (Å²) in [5, 5.41) is 0.770. The van der Waals surface area contributed by atoms with E-state index in [-0.39, 0.29) is 6.04 Å². The molecule has 0 aromatic heterocycles. The molecule has 0 saturated heterocycles. The van der Waals surface area contributed by atoms with Crippen molar-refractivity contribution in [3.63, 3.8) is 0 Å². The van der Waals surface area contributed by atoms with Crippen LogP contribution in [0.1, 0.15) is 18.4 Å². The molecule has 1 aromatic carbocycles. The molecule has 0 heterocycles. The standard InChI is InChI=1S/C12H17ClN2/c1-2-3-7-12(15-14)9-10-5-4-6-11(13)8-10/h2,4-6,8,12,15H,1,3,7,9,14H2. The summed E-state index contributed by atoms with van der Waals surface area (Å²) in [5.74, 6) is 5.48. The second-order valence-electron chi connectivity index (χ2n) is 3.56. The van der Waals surface area contributed by atoms with E-state index in [0.29, 0.717) is 0 Å². The van der Waals surface area contributed by atoms with Gasteiger partial charge in [-0.05, 0) is 37.0 Å². The molecule has 0 radical (unpaired) electrons. The predicted molar refractivity (Wildman–Crippen MR) is 65.7 cm³/mol. The Kier molecular flexibility index (Phi) is 5.40. The van der Waals surface area contributed by atoms with E-state index in [1.165, 1.54) is 5.56 Å². The number of nitrogens with two attached hydrogens (primary N) is 1. The van der Waals surface area contributed by atoms with Crippen LogP contribution in [0.2, 0.25) is 5.02 Å². The molecular formula is C12H17ClN2. The molecule has 0 amide bonds. The van der Waals surface area contributed by atoms with Crippen molar-refractivity contribution < 1.29 is 0 Å². The van der Waals surface area contributed by atoms with Crippen LogP contribution in [-0.2, 0) is 6.42 Å². The lowest BCUT2D eigenvalue weighted by atomic mass is 10.0. The van der Waals surface area contributed by atoms with Crippen molar-refractivity contribution in [2.24, 2.45) is 5.84 Å². The Bertz CT molecular complexity index is 312. The fraction of sp³-hybridized carbons (Fsp3) is 0.333. The van der Waals surface area contributed by atoms with Crippen molar-refractivity contribution in [1.82, 2.24) is 5.43 Å². The first-order valence-electron chi connectivity index (χ1n) is 5.07. The van der Waals surface area contributed by atoms with Crippen LogP contribution in [0.15, 0.2) is 36.9 Å². The monoisotopic (exact) mass is 224 g/mol. The van der Waals surface area contributed by atoms with Crippen LogP contribution in [0.4, 0.5) is 0 Å². The van der Waals surface area contributed by atoms with Gasteiger partial charge in [-0.1, -0.05) is 29.8 Å². The van der Waals surface area contributed by atoms with Gasteiger partial charge in [-0.3, -0.25) is 11.3 Å². The summed E-state index contributed by atoms with van der Waals surface area (Å²) in [7, 11) is 0. The van der Waals surface area contributed by atoms with Gasteiger partial charge in [0.2, 0.25) is 0 Å². The van der Waals surface area contributed by atoms with E-state index in [4.69, 9.17) is 17.4 Å². The molecule has 1 aromatic rings. The Hall–Kier alpha value is -0.830. The fourth-order valence-corrected chi connectivity index (χ4v) is 1.72. The zero-order chi connectivity index (χ0) is 11.1. The lowest BCUT2D eigenvalue weighted by molar-refractivity contribution is 0.495. The largest absolute Gasteiger partial charge is 0.271 e. The summed E-state index contributed by atoms with van der Waals surface area (Å²) >= 11 is 5.91.